The molecule has 1 aromatic rings. The summed E-state index contributed by atoms with van der Waals surface area (Å²) in [7, 11) is -3.78. The molecule has 1 heterocycles. The van der Waals surface area contributed by atoms with Crippen molar-refractivity contribution in [3.8, 4) is 0 Å². The highest BCUT2D eigenvalue weighted by molar-refractivity contribution is 6.90. The minimum atomic E-state index is -3.78. The molecule has 0 radical (unpaired) electrons. The maximum Gasteiger partial charge on any atom is 0.326 e. The fraction of sp³-hybridized carbons (Fsp3) is 0.650. The van der Waals surface area contributed by atoms with Gasteiger partial charge in [-0.1, -0.05) is 53.7 Å². The predicted molar refractivity (Wildman–Crippen MR) is 343 cm³/mol. The van der Waals surface area contributed by atoms with Crippen molar-refractivity contribution in [1.82, 2.24) is 62.1 Å². The molecule has 0 bridgehead atoms. The zero-order valence-corrected chi connectivity index (χ0v) is 56.4. The van der Waals surface area contributed by atoms with Crippen LogP contribution < -0.4 is 47.7 Å². The lowest BCUT2D eigenvalue weighted by atomic mass is 10.1. The molecular weight excluding hydrogens is 1300 g/mol. The van der Waals surface area contributed by atoms with Gasteiger partial charge in [0.25, 0.3) is 14.3 Å². The van der Waals surface area contributed by atoms with Crippen LogP contribution in [0.15, 0.2) is 24.3 Å². The quantitative estimate of drug-likeness (QED) is 0.0193. The molecule has 35 nitrogen and oxygen atoms in total. The third kappa shape index (κ3) is 32.1. The maximum absolute atomic E-state index is 17.2. The molecule has 37 heteroatoms. The van der Waals surface area contributed by atoms with Gasteiger partial charge in [0.2, 0.25) is 29.5 Å². The van der Waals surface area contributed by atoms with E-state index in [1.54, 1.807) is 61.1 Å². The van der Waals surface area contributed by atoms with Crippen molar-refractivity contribution in [2.75, 3.05) is 98.2 Å². The van der Waals surface area contributed by atoms with Crippen LogP contribution in [0, 0.1) is 0 Å². The average molecular weight is 1400 g/mol. The summed E-state index contributed by atoms with van der Waals surface area (Å²) in [5, 5.41) is 93.8. The Kier molecular flexibility index (Phi) is 35.8. The summed E-state index contributed by atoms with van der Waals surface area (Å²) in [4.78, 5) is 192. The number of urea groups is 1. The van der Waals surface area contributed by atoms with Gasteiger partial charge < -0.3 is 87.5 Å². The first-order chi connectivity index (χ1) is 45.2. The van der Waals surface area contributed by atoms with Crippen LogP contribution in [0.1, 0.15) is 123 Å². The predicted octanol–water partition coefficient (Wildman–Crippen LogP) is -1.95. The Morgan fingerprint density at radius 3 is 1.20 bits per heavy atom. The number of hydrogen-bond acceptors (Lipinski definition) is 19. The van der Waals surface area contributed by atoms with Gasteiger partial charge in [0.1, 0.15) is 30.2 Å². The molecule has 0 spiro atoms. The molecule has 5 atom stereocenters. The molecule has 97 heavy (non-hydrogen) atoms. The van der Waals surface area contributed by atoms with E-state index in [2.05, 4.69) is 31.9 Å². The van der Waals surface area contributed by atoms with E-state index in [0.29, 0.717) is 5.19 Å². The van der Waals surface area contributed by atoms with Gasteiger partial charge in [-0.15, -0.1) is 0 Å². The van der Waals surface area contributed by atoms with Crippen LogP contribution in [0.4, 0.5) is 8.90 Å². The molecule has 544 valence electrons. The summed E-state index contributed by atoms with van der Waals surface area (Å²) in [6, 6.07) is -3.56. The number of nitrogens with one attached hydrogen (secondary N) is 8. The SMILES string of the molecule is CC(C)(C)[Si](F)(c1ccc(C(=O)N[C@@H](CNC(=O)CN2CCN(CC(=O)O)CCN(CC(=O)O)CCN(CC(=O)O)CC2)C(=O)N[C@@H](CCCCNC(=O)CCC(=O)NCCC[C@H](NC(=O)CC[C@H](NC(=O)N[C@@H](CCC(=O)O)C(=O)O)C(=O)O)C(=O)O)C(=O)O)cc1)C(C)(C)C. The number of benzene rings is 1. The molecule has 2 rings (SSSR count). The Morgan fingerprint density at radius 2 is 0.794 bits per heavy atom. The summed E-state index contributed by atoms with van der Waals surface area (Å²) >= 11 is 0. The second-order valence-corrected chi connectivity index (χ2v) is 30.3. The molecule has 1 aliphatic heterocycles. The van der Waals surface area contributed by atoms with Crippen molar-refractivity contribution in [2.24, 2.45) is 0 Å². The number of carboxylic acids is 8. The first-order valence-electron chi connectivity index (χ1n) is 31.5. The number of unbranched alkanes of at least 4 members (excludes halogenated alkanes) is 1. The molecule has 0 aromatic heterocycles. The van der Waals surface area contributed by atoms with E-state index in [0.717, 1.165) is 0 Å². The van der Waals surface area contributed by atoms with Crippen LogP contribution in [-0.2, 0) is 62.3 Å². The zero-order chi connectivity index (χ0) is 73.4. The highest BCUT2D eigenvalue weighted by Gasteiger charge is 2.56. The van der Waals surface area contributed by atoms with Gasteiger partial charge >= 0.3 is 53.8 Å². The van der Waals surface area contributed by atoms with Crippen LogP contribution >= 0.6 is 0 Å². The second-order valence-electron chi connectivity index (χ2n) is 25.4. The Balaban J connectivity index is 2.09. The van der Waals surface area contributed by atoms with E-state index in [4.69, 9.17) is 5.11 Å². The summed E-state index contributed by atoms with van der Waals surface area (Å²) in [5.41, 5.74) is 0.00322. The minimum Gasteiger partial charge on any atom is -0.481 e. The molecule has 0 unspecified atom stereocenters. The van der Waals surface area contributed by atoms with Gasteiger partial charge in [0, 0.05) is 103 Å². The molecule has 1 aromatic carbocycles. The van der Waals surface area contributed by atoms with Gasteiger partial charge in [-0.2, -0.15) is 0 Å². The molecule has 8 amide bonds. The van der Waals surface area contributed by atoms with E-state index in [1.165, 1.54) is 24.3 Å². The van der Waals surface area contributed by atoms with Crippen molar-refractivity contribution in [1.29, 1.82) is 0 Å². The molecule has 0 saturated carbocycles. The highest BCUT2D eigenvalue weighted by atomic mass is 28.4. The lowest BCUT2D eigenvalue weighted by Crippen LogP contribution is -2.58. The molecule has 0 aliphatic carbocycles. The number of amides is 8. The van der Waals surface area contributed by atoms with Gasteiger partial charge in [-0.25, -0.2) is 24.0 Å². The lowest BCUT2D eigenvalue weighted by molar-refractivity contribution is -0.142. The summed E-state index contributed by atoms with van der Waals surface area (Å²) < 4.78 is 17.2. The Hall–Kier alpha value is -8.94. The molecule has 1 fully saturated rings. The summed E-state index contributed by atoms with van der Waals surface area (Å²) in [5.74, 6) is -15.6. The molecular formula is C60H95FN12O23Si. The number of carboxylic acid groups (broad SMARTS) is 8. The van der Waals surface area contributed by atoms with Crippen molar-refractivity contribution in [2.45, 2.75) is 152 Å². The van der Waals surface area contributed by atoms with Crippen molar-refractivity contribution < 1.29 is 117 Å². The lowest BCUT2D eigenvalue weighted by Gasteiger charge is -2.44. The van der Waals surface area contributed by atoms with Crippen LogP contribution in [-0.4, -0.2) is 286 Å². The van der Waals surface area contributed by atoms with Gasteiger partial charge in [0.05, 0.1) is 26.2 Å². The second kappa shape index (κ2) is 41.2. The van der Waals surface area contributed by atoms with E-state index in [-0.39, 0.29) is 129 Å². The Morgan fingerprint density at radius 1 is 0.412 bits per heavy atom. The maximum atomic E-state index is 17.2. The Bertz CT molecular complexity index is 2870. The fourth-order valence-corrected chi connectivity index (χ4v) is 15.3. The molecule has 16 N–H and O–H groups in total. The van der Waals surface area contributed by atoms with Crippen LogP contribution in [0.2, 0.25) is 10.1 Å². The van der Waals surface area contributed by atoms with Crippen LogP contribution in [0.5, 0.6) is 0 Å². The van der Waals surface area contributed by atoms with Gasteiger partial charge in [0.15, 0.2) is 0 Å². The monoisotopic (exact) mass is 1400 g/mol. The van der Waals surface area contributed by atoms with E-state index >= 15 is 4.11 Å². The van der Waals surface area contributed by atoms with Gasteiger partial charge in [-0.3, -0.25) is 67.5 Å². The number of carbonyl (C=O) groups is 15. The largest absolute Gasteiger partial charge is 0.481 e. The van der Waals surface area contributed by atoms with Crippen molar-refractivity contribution in [3.05, 3.63) is 29.8 Å². The van der Waals surface area contributed by atoms with Crippen molar-refractivity contribution >= 4 is 103 Å². The first kappa shape index (κ1) is 84.1. The van der Waals surface area contributed by atoms with Crippen molar-refractivity contribution in [3.63, 3.8) is 0 Å². The smallest absolute Gasteiger partial charge is 0.326 e. The highest BCUT2D eigenvalue weighted by Crippen LogP contribution is 2.51. The topological polar surface area (TPSA) is 527 Å². The third-order valence-electron chi connectivity index (χ3n) is 15.7. The summed E-state index contributed by atoms with van der Waals surface area (Å²) in [6.07, 6.45) is -3.00. The van der Waals surface area contributed by atoms with E-state index in [1.807, 2.05) is 10.6 Å². The standard InChI is InChI=1S/C60H95FN12O23Si/c1-59(2,3)97(61,60(4,5)6)38-14-12-37(13-15-38)52(86)67-43(32-64-47(77)33-70-24-26-71(34-49(80)81)28-30-73(36-51(84)85)31-29-72(27-25-70)35-50(82)83)53(87)66-40(55(90)91)10-7-8-22-62-44(74)19-20-45(75)63-23-9-11-39(54(88)89)65-46(76)18-16-41(56(92)93)68-58(96)69-42(57(94)95)17-21-48(78)79/h12-15,39-43H,7-11,16-36H2,1-6H3,(H,62,74)(H,63,75)(H,64,77)(H,65,76)(H,66,87)(H,67,86)(H,78,79)(H,80,81)(H,82,83)(H,84,85)(H,88,89)(H,90,91)(H,92,93)(H,94,95)(H2,68,69,96)/t39-,40-,41-,42-,43-/m0/s1. The first-order valence-corrected chi connectivity index (χ1v) is 33.4. The van der Waals surface area contributed by atoms with E-state index in [9.17, 15) is 108 Å². The summed E-state index contributed by atoms with van der Waals surface area (Å²) in [6.45, 7) is 9.36. The molecule has 1 saturated heterocycles. The number of carbonyl (C=O) groups excluding carboxylic acids is 7. The van der Waals surface area contributed by atoms with Gasteiger partial charge in [-0.05, 0) is 72.3 Å². The minimum absolute atomic E-state index is 0.00322. The van der Waals surface area contributed by atoms with E-state index < -0.39 is 183 Å². The number of aliphatic carboxylic acids is 8. The fourth-order valence-electron chi connectivity index (χ4n) is 10.7. The Labute approximate surface area is 560 Å². The molecule has 1 aliphatic rings. The van der Waals surface area contributed by atoms with Crippen LogP contribution in [0.25, 0.3) is 0 Å². The number of rotatable bonds is 40. The number of nitrogens with zero attached hydrogens (tertiary/aromatic N) is 4. The number of halogens is 1. The normalized spacial score (nSPS) is 15.5. The number of hydrogen-bond donors (Lipinski definition) is 16. The average Bonchev–Trinajstić information content (AvgIpc) is 0.749. The third-order valence-corrected chi connectivity index (χ3v) is 20.9. The zero-order valence-electron chi connectivity index (χ0n) is 55.4. The van der Waals surface area contributed by atoms with Crippen LogP contribution in [0.3, 0.4) is 0 Å².